The third-order valence-electron chi connectivity index (χ3n) is 7.04. The van der Waals surface area contributed by atoms with Crippen LogP contribution >= 0.6 is 11.6 Å². The minimum atomic E-state index is -0.426. The highest BCUT2D eigenvalue weighted by molar-refractivity contribution is 6.32. The normalized spacial score (nSPS) is 21.5. The predicted molar refractivity (Wildman–Crippen MR) is 138 cm³/mol. The zero-order valence-corrected chi connectivity index (χ0v) is 21.5. The van der Waals surface area contributed by atoms with Crippen molar-refractivity contribution in [3.05, 3.63) is 70.0 Å². The molecule has 10 nitrogen and oxygen atoms in total. The minimum Gasteiger partial charge on any atom is -0.493 e. The summed E-state index contributed by atoms with van der Waals surface area (Å²) in [7, 11) is 0. The van der Waals surface area contributed by atoms with Gasteiger partial charge in [0, 0.05) is 37.2 Å². The summed E-state index contributed by atoms with van der Waals surface area (Å²) >= 11 is 6.30. The summed E-state index contributed by atoms with van der Waals surface area (Å²) in [5, 5.41) is 11.9. The lowest BCUT2D eigenvalue weighted by Crippen LogP contribution is -2.44. The monoisotopic (exact) mass is 537 g/mol. The van der Waals surface area contributed by atoms with E-state index in [1.807, 2.05) is 18.3 Å². The molecule has 3 aliphatic rings. The number of aryl methyl sites for hydroxylation is 2. The highest BCUT2D eigenvalue weighted by atomic mass is 35.5. The van der Waals surface area contributed by atoms with Crippen LogP contribution in [0.5, 0.6) is 11.5 Å². The van der Waals surface area contributed by atoms with Gasteiger partial charge in [0.2, 0.25) is 0 Å². The molecule has 11 heteroatoms. The molecule has 2 aromatic carbocycles. The quantitative estimate of drug-likeness (QED) is 0.508. The molecule has 2 amide bonds. The Bertz CT molecular complexity index is 1360. The molecule has 3 aromatic rings. The van der Waals surface area contributed by atoms with Gasteiger partial charge in [-0.2, -0.15) is 0 Å². The number of halogens is 1. The van der Waals surface area contributed by atoms with Gasteiger partial charge in [-0.3, -0.25) is 14.3 Å². The topological polar surface area (TPSA) is 108 Å². The highest BCUT2D eigenvalue weighted by Crippen LogP contribution is 2.28. The average molecular weight is 538 g/mol. The van der Waals surface area contributed by atoms with E-state index in [-0.39, 0.29) is 18.4 Å². The SMILES string of the molecule is O=C1N[C@H]2CN(C(=O)c3ccc4c(c3)CCCO4)C[C@@H]2OCc2cn(nn2)CCCOc2cc1ccc2Cl. The Labute approximate surface area is 224 Å². The largest absolute Gasteiger partial charge is 0.493 e. The molecule has 4 bridgehead atoms. The second-order valence-corrected chi connectivity index (χ2v) is 10.1. The summed E-state index contributed by atoms with van der Waals surface area (Å²) in [6.07, 6.45) is 3.91. The molecule has 0 aliphatic carbocycles. The molecule has 198 valence electrons. The van der Waals surface area contributed by atoms with Gasteiger partial charge < -0.3 is 24.4 Å². The Morgan fingerprint density at radius 1 is 1.05 bits per heavy atom. The van der Waals surface area contributed by atoms with Crippen molar-refractivity contribution in [2.75, 3.05) is 26.3 Å². The Balaban J connectivity index is 1.25. The van der Waals surface area contributed by atoms with Gasteiger partial charge in [-0.1, -0.05) is 16.8 Å². The van der Waals surface area contributed by atoms with Gasteiger partial charge in [-0.05, 0) is 54.8 Å². The molecule has 0 unspecified atom stereocenters. The van der Waals surface area contributed by atoms with Crippen molar-refractivity contribution in [1.29, 1.82) is 0 Å². The summed E-state index contributed by atoms with van der Waals surface area (Å²) in [5.74, 6) is 0.883. The van der Waals surface area contributed by atoms with Crippen LogP contribution in [-0.2, 0) is 24.3 Å². The lowest BCUT2D eigenvalue weighted by atomic mass is 10.0. The highest BCUT2D eigenvalue weighted by Gasteiger charge is 2.38. The molecule has 1 saturated heterocycles. The van der Waals surface area contributed by atoms with Crippen molar-refractivity contribution in [2.24, 2.45) is 0 Å². The molecule has 1 fully saturated rings. The predicted octanol–water partition coefficient (Wildman–Crippen LogP) is 2.88. The molecule has 0 radical (unpaired) electrons. The van der Waals surface area contributed by atoms with Crippen molar-refractivity contribution < 1.29 is 23.8 Å². The Morgan fingerprint density at radius 3 is 2.84 bits per heavy atom. The van der Waals surface area contributed by atoms with Crippen LogP contribution < -0.4 is 14.8 Å². The maximum Gasteiger partial charge on any atom is 0.254 e. The number of nitrogens with zero attached hydrogens (tertiary/aromatic N) is 4. The van der Waals surface area contributed by atoms with Gasteiger partial charge in [-0.15, -0.1) is 5.10 Å². The lowest BCUT2D eigenvalue weighted by molar-refractivity contribution is 0.0291. The average Bonchev–Trinajstić information content (AvgIpc) is 3.56. The molecule has 3 aliphatic heterocycles. The number of amides is 2. The molecule has 1 N–H and O–H groups in total. The van der Waals surface area contributed by atoms with Crippen LogP contribution in [0.3, 0.4) is 0 Å². The van der Waals surface area contributed by atoms with Gasteiger partial charge in [0.15, 0.2) is 0 Å². The van der Waals surface area contributed by atoms with Crippen LogP contribution in [0.1, 0.15) is 44.8 Å². The van der Waals surface area contributed by atoms with Crippen LogP contribution in [0, 0.1) is 0 Å². The molecule has 2 atom stereocenters. The third-order valence-corrected chi connectivity index (χ3v) is 7.35. The number of ether oxygens (including phenoxy) is 3. The van der Waals surface area contributed by atoms with E-state index in [0.717, 1.165) is 24.2 Å². The van der Waals surface area contributed by atoms with E-state index in [0.29, 0.717) is 66.9 Å². The van der Waals surface area contributed by atoms with Crippen LogP contribution in [0.2, 0.25) is 5.02 Å². The van der Waals surface area contributed by atoms with E-state index >= 15 is 0 Å². The molecule has 1 aromatic heterocycles. The fraction of sp³-hybridized carbons (Fsp3) is 0.407. The van der Waals surface area contributed by atoms with Gasteiger partial charge in [0.05, 0.1) is 43.2 Å². The third kappa shape index (κ3) is 5.19. The first kappa shape index (κ1) is 24.7. The number of carbonyl (C=O) groups is 2. The molecular weight excluding hydrogens is 510 g/mol. The fourth-order valence-corrected chi connectivity index (χ4v) is 5.22. The smallest absolute Gasteiger partial charge is 0.254 e. The van der Waals surface area contributed by atoms with E-state index in [4.69, 9.17) is 25.8 Å². The van der Waals surface area contributed by atoms with E-state index in [9.17, 15) is 9.59 Å². The number of carbonyl (C=O) groups excluding carboxylic acids is 2. The molecule has 6 rings (SSSR count). The number of likely N-dealkylation sites (tertiary alicyclic amines) is 1. The molecule has 38 heavy (non-hydrogen) atoms. The van der Waals surface area contributed by atoms with Gasteiger partial charge >= 0.3 is 0 Å². The Morgan fingerprint density at radius 2 is 1.92 bits per heavy atom. The maximum atomic E-state index is 13.5. The van der Waals surface area contributed by atoms with Crippen LogP contribution in [0.25, 0.3) is 0 Å². The van der Waals surface area contributed by atoms with Gasteiger partial charge in [0.25, 0.3) is 11.8 Å². The zero-order chi connectivity index (χ0) is 26.1. The summed E-state index contributed by atoms with van der Waals surface area (Å²) in [6, 6.07) is 10.1. The molecular formula is C27H28ClN5O5. The lowest BCUT2D eigenvalue weighted by Gasteiger charge is -2.20. The van der Waals surface area contributed by atoms with Crippen molar-refractivity contribution in [2.45, 2.75) is 44.6 Å². The van der Waals surface area contributed by atoms with Crippen molar-refractivity contribution in [1.82, 2.24) is 25.2 Å². The van der Waals surface area contributed by atoms with Crippen LogP contribution in [0.4, 0.5) is 0 Å². The molecule has 0 spiro atoms. The summed E-state index contributed by atoms with van der Waals surface area (Å²) in [5.41, 5.74) is 2.74. The Kier molecular flexibility index (Phi) is 6.90. The first-order valence-electron chi connectivity index (χ1n) is 12.8. The number of benzene rings is 2. The molecule has 0 saturated carbocycles. The van der Waals surface area contributed by atoms with Crippen molar-refractivity contribution >= 4 is 23.4 Å². The standard InChI is InChI=1S/C27H28ClN5O5/c28-21-6-4-18-12-24(21)37-10-2-8-33-13-20(30-31-33)16-38-25-15-32(14-22(25)29-26(18)34)27(35)19-5-7-23-17(11-19)3-1-9-36-23/h4-7,11-13,22,25H,1-3,8-10,14-16H2,(H,29,34)/t22-,25-/m0/s1. The number of fused-ring (bicyclic) bond motifs is 6. The van der Waals surface area contributed by atoms with E-state index in [2.05, 4.69) is 15.6 Å². The number of aromatic nitrogens is 3. The van der Waals surface area contributed by atoms with Crippen LogP contribution in [0.15, 0.2) is 42.6 Å². The van der Waals surface area contributed by atoms with Gasteiger partial charge in [0.1, 0.15) is 17.2 Å². The minimum absolute atomic E-state index is 0.109. The molecule has 4 heterocycles. The van der Waals surface area contributed by atoms with Crippen molar-refractivity contribution in [3.8, 4) is 11.5 Å². The summed E-state index contributed by atoms with van der Waals surface area (Å²) in [4.78, 5) is 28.4. The Hall–Kier alpha value is -3.63. The second kappa shape index (κ2) is 10.6. The first-order valence-corrected chi connectivity index (χ1v) is 13.2. The first-order chi connectivity index (χ1) is 18.5. The van der Waals surface area contributed by atoms with Gasteiger partial charge in [-0.25, -0.2) is 0 Å². The number of hydrogen-bond donors (Lipinski definition) is 1. The summed E-state index contributed by atoms with van der Waals surface area (Å²) < 4.78 is 19.5. The fourth-order valence-electron chi connectivity index (χ4n) is 5.05. The zero-order valence-electron chi connectivity index (χ0n) is 20.8. The van der Waals surface area contributed by atoms with Crippen molar-refractivity contribution in [3.63, 3.8) is 0 Å². The number of hydrogen-bond acceptors (Lipinski definition) is 7. The van der Waals surface area contributed by atoms with E-state index in [1.54, 1.807) is 33.8 Å². The van der Waals surface area contributed by atoms with E-state index in [1.165, 1.54) is 0 Å². The maximum absolute atomic E-state index is 13.5. The second-order valence-electron chi connectivity index (χ2n) is 9.73. The number of nitrogens with one attached hydrogen (secondary N) is 1. The van der Waals surface area contributed by atoms with Crippen LogP contribution in [-0.4, -0.2) is 70.2 Å². The number of rotatable bonds is 1. The van der Waals surface area contributed by atoms with E-state index < -0.39 is 12.1 Å². The summed E-state index contributed by atoms with van der Waals surface area (Å²) in [6.45, 7) is 2.59.